The van der Waals surface area contributed by atoms with Crippen LogP contribution in [0.25, 0.3) is 11.1 Å². The number of nitrogens with one attached hydrogen (secondary N) is 1. The highest BCUT2D eigenvalue weighted by Gasteiger charge is 2.33. The van der Waals surface area contributed by atoms with Crippen LogP contribution >= 0.6 is 12.4 Å². The summed E-state index contributed by atoms with van der Waals surface area (Å²) in [6.07, 6.45) is -4.93. The van der Waals surface area contributed by atoms with Crippen LogP contribution in [-0.4, -0.2) is 32.7 Å². The largest absolute Gasteiger partial charge is 0.573 e. The van der Waals surface area contributed by atoms with E-state index >= 15 is 0 Å². The molecule has 4 nitrogen and oxygen atoms in total. The number of alkyl halides is 3. The van der Waals surface area contributed by atoms with Crippen molar-refractivity contribution < 1.29 is 27.4 Å². The van der Waals surface area contributed by atoms with Gasteiger partial charge in [0.25, 0.3) is 0 Å². The van der Waals surface area contributed by atoms with E-state index in [0.717, 1.165) is 5.56 Å². The smallest absolute Gasteiger partial charge is 0.497 e. The lowest BCUT2D eigenvalue weighted by atomic mass is 10.0. The van der Waals surface area contributed by atoms with Gasteiger partial charge in [0.05, 0.1) is 7.11 Å². The molecule has 1 aliphatic rings. The Kier molecular flexibility index (Phi) is 6.02. The molecule has 25 heavy (non-hydrogen) atoms. The zero-order valence-electron chi connectivity index (χ0n) is 13.3. The molecule has 0 aromatic heterocycles. The molecule has 1 saturated heterocycles. The van der Waals surface area contributed by atoms with Crippen molar-refractivity contribution in [2.45, 2.75) is 12.5 Å². The molecule has 2 aromatic rings. The molecular weight excluding hydrogens is 359 g/mol. The van der Waals surface area contributed by atoms with Gasteiger partial charge in [-0.3, -0.25) is 0 Å². The fraction of sp³-hybridized carbons (Fsp3) is 0.294. The van der Waals surface area contributed by atoms with Crippen LogP contribution in [0.5, 0.6) is 17.2 Å². The maximum absolute atomic E-state index is 12.7. The third-order valence-electron chi connectivity index (χ3n) is 3.63. The highest BCUT2D eigenvalue weighted by Crippen LogP contribution is 2.37. The van der Waals surface area contributed by atoms with Crippen molar-refractivity contribution in [2.24, 2.45) is 0 Å². The van der Waals surface area contributed by atoms with Crippen LogP contribution in [0.4, 0.5) is 13.2 Å². The van der Waals surface area contributed by atoms with Crippen LogP contribution in [0, 0.1) is 0 Å². The van der Waals surface area contributed by atoms with Crippen LogP contribution < -0.4 is 19.5 Å². The first kappa shape index (κ1) is 19.2. The van der Waals surface area contributed by atoms with E-state index in [1.165, 1.54) is 12.1 Å². The first-order valence-corrected chi connectivity index (χ1v) is 7.36. The lowest BCUT2D eigenvalue weighted by Gasteiger charge is -2.28. The van der Waals surface area contributed by atoms with Crippen molar-refractivity contribution in [3.8, 4) is 28.4 Å². The number of ether oxygens (including phenoxy) is 3. The zero-order chi connectivity index (χ0) is 17.2. The quantitative estimate of drug-likeness (QED) is 0.856. The summed E-state index contributed by atoms with van der Waals surface area (Å²) in [5, 5.41) is 3.00. The number of methoxy groups -OCH3 is 1. The van der Waals surface area contributed by atoms with Gasteiger partial charge in [0, 0.05) is 13.1 Å². The first-order chi connectivity index (χ1) is 11.4. The molecule has 0 spiro atoms. The summed E-state index contributed by atoms with van der Waals surface area (Å²) >= 11 is 0. The van der Waals surface area contributed by atoms with Gasteiger partial charge < -0.3 is 19.5 Å². The fourth-order valence-corrected chi connectivity index (χ4v) is 2.30. The second-order valence-corrected chi connectivity index (χ2v) is 5.34. The predicted octanol–water partition coefficient (Wildman–Crippen LogP) is 4.03. The topological polar surface area (TPSA) is 39.7 Å². The molecule has 3 rings (SSSR count). The minimum absolute atomic E-state index is 0. The molecule has 0 amide bonds. The Labute approximate surface area is 149 Å². The minimum atomic E-state index is -4.78. The molecule has 0 saturated carbocycles. The highest BCUT2D eigenvalue weighted by molar-refractivity contribution is 5.85. The van der Waals surface area contributed by atoms with Gasteiger partial charge in [-0.05, 0) is 35.4 Å². The van der Waals surface area contributed by atoms with Crippen molar-refractivity contribution in [3.05, 3.63) is 42.5 Å². The Morgan fingerprint density at radius 3 is 2.12 bits per heavy atom. The minimum Gasteiger partial charge on any atom is -0.497 e. The van der Waals surface area contributed by atoms with E-state index in [0.29, 0.717) is 24.4 Å². The standard InChI is InChI=1S/C17H16F3NO3.ClH/c1-22-13-5-2-11(3-6-13)12-4-7-15(23-14-9-21-10-14)16(8-12)24-17(18,19)20;/h2-8,14,21H,9-10H2,1H3;1H. The van der Waals surface area contributed by atoms with Gasteiger partial charge in [-0.15, -0.1) is 25.6 Å². The number of rotatable bonds is 5. The Morgan fingerprint density at radius 2 is 1.60 bits per heavy atom. The number of hydrogen-bond donors (Lipinski definition) is 1. The predicted molar refractivity (Wildman–Crippen MR) is 89.6 cm³/mol. The van der Waals surface area contributed by atoms with E-state index in [1.807, 2.05) is 0 Å². The van der Waals surface area contributed by atoms with Crippen LogP contribution in [0.2, 0.25) is 0 Å². The molecule has 0 bridgehead atoms. The van der Waals surface area contributed by atoms with Crippen molar-refractivity contribution >= 4 is 12.4 Å². The van der Waals surface area contributed by atoms with Gasteiger partial charge in [0.2, 0.25) is 0 Å². The molecule has 0 unspecified atom stereocenters. The summed E-state index contributed by atoms with van der Waals surface area (Å²) in [5.74, 6) is 0.404. The highest BCUT2D eigenvalue weighted by atomic mass is 35.5. The molecule has 1 N–H and O–H groups in total. The average Bonchev–Trinajstić information content (AvgIpc) is 2.50. The van der Waals surface area contributed by atoms with Gasteiger partial charge >= 0.3 is 6.36 Å². The molecule has 136 valence electrons. The zero-order valence-corrected chi connectivity index (χ0v) is 14.1. The molecule has 8 heteroatoms. The SMILES string of the molecule is COc1ccc(-c2ccc(OC3CNC3)c(OC(F)(F)F)c2)cc1.Cl. The van der Waals surface area contributed by atoms with Crippen LogP contribution in [0.1, 0.15) is 0 Å². The molecule has 2 aromatic carbocycles. The Morgan fingerprint density at radius 1 is 0.960 bits per heavy atom. The molecule has 1 heterocycles. The lowest BCUT2D eigenvalue weighted by Crippen LogP contribution is -2.50. The van der Waals surface area contributed by atoms with E-state index < -0.39 is 6.36 Å². The third kappa shape index (κ3) is 4.93. The van der Waals surface area contributed by atoms with Crippen molar-refractivity contribution in [1.82, 2.24) is 5.32 Å². The first-order valence-electron chi connectivity index (χ1n) is 7.36. The van der Waals surface area contributed by atoms with Gasteiger partial charge in [0.1, 0.15) is 11.9 Å². The molecule has 0 radical (unpaired) electrons. The lowest BCUT2D eigenvalue weighted by molar-refractivity contribution is -0.275. The van der Waals surface area contributed by atoms with Gasteiger partial charge in [-0.25, -0.2) is 0 Å². The summed E-state index contributed by atoms with van der Waals surface area (Å²) in [6, 6.07) is 11.5. The molecule has 0 aliphatic carbocycles. The second-order valence-electron chi connectivity index (χ2n) is 5.34. The van der Waals surface area contributed by atoms with Gasteiger partial charge in [-0.2, -0.15) is 0 Å². The molecule has 1 fully saturated rings. The van der Waals surface area contributed by atoms with E-state index in [4.69, 9.17) is 9.47 Å². The summed E-state index contributed by atoms with van der Waals surface area (Å²) in [6.45, 7) is 1.21. The molecular formula is C17H17ClF3NO3. The summed E-state index contributed by atoms with van der Waals surface area (Å²) < 4.78 is 52.8. The summed E-state index contributed by atoms with van der Waals surface area (Å²) in [7, 11) is 1.55. The number of benzene rings is 2. The van der Waals surface area contributed by atoms with E-state index in [9.17, 15) is 13.2 Å². The monoisotopic (exact) mass is 375 g/mol. The summed E-state index contributed by atoms with van der Waals surface area (Å²) in [5.41, 5.74) is 1.34. The third-order valence-corrected chi connectivity index (χ3v) is 3.63. The normalized spacial score (nSPS) is 14.2. The van der Waals surface area contributed by atoms with Crippen LogP contribution in [0.15, 0.2) is 42.5 Å². The van der Waals surface area contributed by atoms with Gasteiger partial charge in [0.15, 0.2) is 11.5 Å². The van der Waals surface area contributed by atoms with Crippen LogP contribution in [-0.2, 0) is 0 Å². The Bertz CT molecular complexity index is 703. The number of hydrogen-bond acceptors (Lipinski definition) is 4. The van der Waals surface area contributed by atoms with Crippen LogP contribution in [0.3, 0.4) is 0 Å². The summed E-state index contributed by atoms with van der Waals surface area (Å²) in [4.78, 5) is 0. The van der Waals surface area contributed by atoms with E-state index in [-0.39, 0.29) is 30.0 Å². The van der Waals surface area contributed by atoms with Crippen molar-refractivity contribution in [3.63, 3.8) is 0 Å². The van der Waals surface area contributed by atoms with E-state index in [1.54, 1.807) is 37.4 Å². The number of halogens is 4. The maximum atomic E-state index is 12.7. The van der Waals surface area contributed by atoms with Gasteiger partial charge in [-0.1, -0.05) is 18.2 Å². The van der Waals surface area contributed by atoms with Crippen molar-refractivity contribution in [1.29, 1.82) is 0 Å². The molecule has 1 aliphatic heterocycles. The second kappa shape index (κ2) is 7.84. The average molecular weight is 376 g/mol. The van der Waals surface area contributed by atoms with Crippen molar-refractivity contribution in [2.75, 3.05) is 20.2 Å². The fourth-order valence-electron chi connectivity index (χ4n) is 2.30. The van der Waals surface area contributed by atoms with E-state index in [2.05, 4.69) is 10.1 Å². The Balaban J connectivity index is 0.00000225. The Hall–Kier alpha value is -2.12. The molecule has 0 atom stereocenters. The maximum Gasteiger partial charge on any atom is 0.573 e.